The van der Waals surface area contributed by atoms with Gasteiger partial charge in [-0.2, -0.15) is 0 Å². The molecule has 5 heteroatoms. The molecule has 1 atom stereocenters. The fourth-order valence-electron chi connectivity index (χ4n) is 2.85. The first kappa shape index (κ1) is 17.7. The number of hydrogen-bond donors (Lipinski definition) is 0. The summed E-state index contributed by atoms with van der Waals surface area (Å²) in [5, 5.41) is 0. The van der Waals surface area contributed by atoms with Crippen molar-refractivity contribution in [2.75, 3.05) is 13.7 Å². The van der Waals surface area contributed by atoms with Gasteiger partial charge in [-0.25, -0.2) is 4.98 Å². The highest BCUT2D eigenvalue weighted by Gasteiger charge is 2.15. The molecule has 3 rings (SSSR count). The molecule has 0 radical (unpaired) electrons. The van der Waals surface area contributed by atoms with Gasteiger partial charge >= 0.3 is 5.97 Å². The van der Waals surface area contributed by atoms with E-state index in [1.54, 1.807) is 6.20 Å². The van der Waals surface area contributed by atoms with E-state index in [1.807, 2.05) is 42.9 Å². The summed E-state index contributed by atoms with van der Waals surface area (Å²) in [6.07, 6.45) is 6.58. The van der Waals surface area contributed by atoms with Crippen LogP contribution in [-0.2, 0) is 9.53 Å². The van der Waals surface area contributed by atoms with Crippen LogP contribution in [0.25, 0.3) is 0 Å². The van der Waals surface area contributed by atoms with Crippen LogP contribution >= 0.6 is 0 Å². The number of esters is 1. The highest BCUT2D eigenvalue weighted by Crippen LogP contribution is 2.27. The zero-order valence-electron chi connectivity index (χ0n) is 14.7. The Labute approximate surface area is 153 Å². The van der Waals surface area contributed by atoms with Gasteiger partial charge in [0.05, 0.1) is 26.1 Å². The van der Waals surface area contributed by atoms with Gasteiger partial charge in [-0.05, 0) is 29.7 Å². The van der Waals surface area contributed by atoms with E-state index in [2.05, 4.69) is 38.6 Å². The predicted octanol–water partition coefficient (Wildman–Crippen LogP) is 3.85. The van der Waals surface area contributed by atoms with E-state index in [1.165, 1.54) is 12.7 Å². The van der Waals surface area contributed by atoms with Gasteiger partial charge in [0.1, 0.15) is 5.75 Å². The number of nitrogens with zero attached hydrogens (tertiary/aromatic N) is 2. The minimum Gasteiger partial charge on any atom is -0.494 e. The smallest absolute Gasteiger partial charge is 0.305 e. The Bertz CT molecular complexity index is 799. The Morgan fingerprint density at radius 1 is 1.08 bits per heavy atom. The van der Waals surface area contributed by atoms with E-state index in [4.69, 9.17) is 4.74 Å². The number of imidazole rings is 1. The number of carbonyl (C=O) groups excluding carboxylic acids is 1. The highest BCUT2D eigenvalue weighted by atomic mass is 16.5. The van der Waals surface area contributed by atoms with Gasteiger partial charge < -0.3 is 14.0 Å². The van der Waals surface area contributed by atoms with Crippen LogP contribution in [0.2, 0.25) is 0 Å². The van der Waals surface area contributed by atoms with Gasteiger partial charge in [0.25, 0.3) is 0 Å². The highest BCUT2D eigenvalue weighted by molar-refractivity contribution is 5.69. The third-order valence-electron chi connectivity index (χ3n) is 4.16. The maximum Gasteiger partial charge on any atom is 0.305 e. The maximum atomic E-state index is 11.1. The number of aromatic nitrogens is 2. The molecule has 0 aliphatic rings. The monoisotopic (exact) mass is 350 g/mol. The number of hydrogen-bond acceptors (Lipinski definition) is 4. The van der Waals surface area contributed by atoms with Gasteiger partial charge in [-0.3, -0.25) is 4.79 Å². The molecule has 1 aromatic heterocycles. The largest absolute Gasteiger partial charge is 0.494 e. The van der Waals surface area contributed by atoms with E-state index >= 15 is 0 Å². The molecular weight excluding hydrogens is 328 g/mol. The molecule has 26 heavy (non-hydrogen) atoms. The Hall–Kier alpha value is -3.08. The summed E-state index contributed by atoms with van der Waals surface area (Å²) in [6, 6.07) is 18.4. The Balaban J connectivity index is 1.70. The van der Waals surface area contributed by atoms with Gasteiger partial charge in [-0.1, -0.05) is 42.5 Å². The first-order valence-corrected chi connectivity index (χ1v) is 8.60. The van der Waals surface area contributed by atoms with Crippen LogP contribution < -0.4 is 4.74 Å². The molecule has 0 aliphatic heterocycles. The van der Waals surface area contributed by atoms with Crippen LogP contribution in [0.5, 0.6) is 5.75 Å². The molecule has 1 unspecified atom stereocenters. The van der Waals surface area contributed by atoms with Crippen molar-refractivity contribution in [1.82, 2.24) is 9.55 Å². The second kappa shape index (κ2) is 8.85. The van der Waals surface area contributed by atoms with Crippen molar-refractivity contribution in [2.45, 2.75) is 18.9 Å². The second-order valence-corrected chi connectivity index (χ2v) is 5.92. The van der Waals surface area contributed by atoms with Gasteiger partial charge in [-0.15, -0.1) is 0 Å². The average Bonchev–Trinajstić information content (AvgIpc) is 3.21. The van der Waals surface area contributed by atoms with E-state index in [0.717, 1.165) is 11.3 Å². The first-order chi connectivity index (χ1) is 12.8. The lowest BCUT2D eigenvalue weighted by Gasteiger charge is -2.20. The molecule has 0 bridgehead atoms. The number of ether oxygens (including phenoxy) is 2. The summed E-state index contributed by atoms with van der Waals surface area (Å²) in [5.41, 5.74) is 2.34. The molecule has 1 heterocycles. The molecule has 0 amide bonds. The summed E-state index contributed by atoms with van der Waals surface area (Å²) < 4.78 is 12.4. The van der Waals surface area contributed by atoms with Crippen molar-refractivity contribution in [1.29, 1.82) is 0 Å². The number of methoxy groups -OCH3 is 1. The summed E-state index contributed by atoms with van der Waals surface area (Å²) in [5.74, 6) is 0.575. The van der Waals surface area contributed by atoms with Crippen LogP contribution in [0.1, 0.15) is 30.0 Å². The molecule has 0 saturated carbocycles. The third-order valence-corrected chi connectivity index (χ3v) is 4.16. The number of rotatable bonds is 8. The van der Waals surface area contributed by atoms with Crippen molar-refractivity contribution in [3.8, 4) is 5.75 Å². The standard InChI is InChI=1S/C21H22N2O3/c1-25-20(24)8-5-15-26-19-11-9-18(10-12-19)21(23-14-13-22-16-23)17-6-3-2-4-7-17/h2-4,6-7,9-14,16,21H,5,8,15H2,1H3. The Morgan fingerprint density at radius 2 is 1.81 bits per heavy atom. The van der Waals surface area contributed by atoms with E-state index in [-0.39, 0.29) is 12.0 Å². The molecule has 3 aromatic rings. The molecule has 0 saturated heterocycles. The van der Waals surface area contributed by atoms with Crippen molar-refractivity contribution < 1.29 is 14.3 Å². The number of benzene rings is 2. The molecule has 0 N–H and O–H groups in total. The fourth-order valence-corrected chi connectivity index (χ4v) is 2.85. The molecule has 0 aliphatic carbocycles. The molecule has 0 spiro atoms. The second-order valence-electron chi connectivity index (χ2n) is 5.92. The third kappa shape index (κ3) is 4.51. The molecular formula is C21H22N2O3. The van der Waals surface area contributed by atoms with Gasteiger partial charge in [0.15, 0.2) is 0 Å². The van der Waals surface area contributed by atoms with Crippen LogP contribution in [0.15, 0.2) is 73.3 Å². The quantitative estimate of drug-likeness (QED) is 0.457. The molecule has 5 nitrogen and oxygen atoms in total. The summed E-state index contributed by atoms with van der Waals surface area (Å²) in [7, 11) is 1.39. The Morgan fingerprint density at radius 3 is 2.46 bits per heavy atom. The SMILES string of the molecule is COC(=O)CCCOc1ccc(C(c2ccccc2)n2ccnc2)cc1. The van der Waals surface area contributed by atoms with Crippen LogP contribution in [0, 0.1) is 0 Å². The molecule has 134 valence electrons. The topological polar surface area (TPSA) is 53.4 Å². The van der Waals surface area contributed by atoms with E-state index < -0.39 is 0 Å². The normalized spacial score (nSPS) is 11.7. The van der Waals surface area contributed by atoms with Crippen molar-refractivity contribution in [3.63, 3.8) is 0 Å². The van der Waals surface area contributed by atoms with Crippen molar-refractivity contribution in [2.24, 2.45) is 0 Å². The summed E-state index contributed by atoms with van der Waals surface area (Å²) in [4.78, 5) is 15.3. The first-order valence-electron chi connectivity index (χ1n) is 8.60. The zero-order valence-corrected chi connectivity index (χ0v) is 14.7. The minimum absolute atomic E-state index is 0.0621. The van der Waals surface area contributed by atoms with E-state index in [0.29, 0.717) is 19.4 Å². The van der Waals surface area contributed by atoms with Gasteiger partial charge in [0, 0.05) is 18.8 Å². The lowest BCUT2D eigenvalue weighted by atomic mass is 9.98. The lowest BCUT2D eigenvalue weighted by molar-refractivity contribution is -0.140. The minimum atomic E-state index is -0.213. The average molecular weight is 350 g/mol. The predicted molar refractivity (Wildman–Crippen MR) is 99.1 cm³/mol. The lowest BCUT2D eigenvalue weighted by Crippen LogP contribution is -2.10. The zero-order chi connectivity index (χ0) is 18.2. The van der Waals surface area contributed by atoms with Crippen LogP contribution in [0.4, 0.5) is 0 Å². The van der Waals surface area contributed by atoms with Crippen LogP contribution in [0.3, 0.4) is 0 Å². The van der Waals surface area contributed by atoms with Crippen molar-refractivity contribution >= 4 is 5.97 Å². The Kier molecular flexibility index (Phi) is 6.04. The molecule has 0 fully saturated rings. The summed E-state index contributed by atoms with van der Waals surface area (Å²) >= 11 is 0. The fraction of sp³-hybridized carbons (Fsp3) is 0.238. The summed E-state index contributed by atoms with van der Waals surface area (Å²) in [6.45, 7) is 0.484. The number of carbonyl (C=O) groups is 1. The van der Waals surface area contributed by atoms with Crippen LogP contribution in [-0.4, -0.2) is 29.2 Å². The van der Waals surface area contributed by atoms with Crippen molar-refractivity contribution in [3.05, 3.63) is 84.4 Å². The molecule has 2 aromatic carbocycles. The van der Waals surface area contributed by atoms with Gasteiger partial charge in [0.2, 0.25) is 0 Å². The maximum absolute atomic E-state index is 11.1. The van der Waals surface area contributed by atoms with E-state index in [9.17, 15) is 4.79 Å².